The molecule has 1 aliphatic heterocycles. The standard InChI is InChI=1S/C11H14N2O2/c12-5-6-15-9-3-1-8-2-4-11(14)13-10(8)7-9/h1,3,7H,2,4-6,12H2,(H,13,14). The van der Waals surface area contributed by atoms with E-state index in [1.165, 1.54) is 0 Å². The summed E-state index contributed by atoms with van der Waals surface area (Å²) in [4.78, 5) is 11.2. The Hall–Kier alpha value is -1.55. The number of benzene rings is 1. The van der Waals surface area contributed by atoms with Crippen molar-refractivity contribution in [3.05, 3.63) is 23.8 Å². The van der Waals surface area contributed by atoms with Crippen LogP contribution in [0.2, 0.25) is 0 Å². The van der Waals surface area contributed by atoms with Gasteiger partial charge in [0.05, 0.1) is 0 Å². The number of carbonyl (C=O) groups excluding carboxylic acids is 1. The number of rotatable bonds is 3. The van der Waals surface area contributed by atoms with Crippen molar-refractivity contribution >= 4 is 11.6 Å². The number of amides is 1. The average Bonchev–Trinajstić information content (AvgIpc) is 2.25. The fourth-order valence-electron chi connectivity index (χ4n) is 1.62. The second-order valence-electron chi connectivity index (χ2n) is 3.50. The van der Waals surface area contributed by atoms with Gasteiger partial charge in [-0.1, -0.05) is 6.07 Å². The van der Waals surface area contributed by atoms with Gasteiger partial charge in [0.2, 0.25) is 5.91 Å². The number of carbonyl (C=O) groups is 1. The Kier molecular flexibility index (Phi) is 2.87. The summed E-state index contributed by atoms with van der Waals surface area (Å²) in [6.07, 6.45) is 1.37. The zero-order chi connectivity index (χ0) is 10.7. The molecule has 2 rings (SSSR count). The maximum absolute atomic E-state index is 11.2. The number of hydrogen-bond donors (Lipinski definition) is 2. The molecule has 0 spiro atoms. The van der Waals surface area contributed by atoms with Crippen LogP contribution in [0.5, 0.6) is 5.75 Å². The first kappa shape index (κ1) is 9.98. The van der Waals surface area contributed by atoms with Crippen molar-refractivity contribution in [1.82, 2.24) is 0 Å². The van der Waals surface area contributed by atoms with Crippen LogP contribution < -0.4 is 15.8 Å². The third-order valence-electron chi connectivity index (χ3n) is 2.36. The van der Waals surface area contributed by atoms with Gasteiger partial charge in [-0.25, -0.2) is 0 Å². The van der Waals surface area contributed by atoms with Crippen molar-refractivity contribution in [2.45, 2.75) is 12.8 Å². The summed E-state index contributed by atoms with van der Waals surface area (Å²) >= 11 is 0. The van der Waals surface area contributed by atoms with Crippen LogP contribution in [0.15, 0.2) is 18.2 Å². The lowest BCUT2D eigenvalue weighted by molar-refractivity contribution is -0.116. The third-order valence-corrected chi connectivity index (χ3v) is 2.36. The molecule has 0 saturated heterocycles. The fourth-order valence-corrected chi connectivity index (χ4v) is 1.62. The van der Waals surface area contributed by atoms with Crippen molar-refractivity contribution in [1.29, 1.82) is 0 Å². The van der Waals surface area contributed by atoms with E-state index in [0.717, 1.165) is 23.4 Å². The molecule has 3 N–H and O–H groups in total. The predicted molar refractivity (Wildman–Crippen MR) is 57.9 cm³/mol. The first-order valence-electron chi connectivity index (χ1n) is 5.05. The SMILES string of the molecule is NCCOc1ccc2c(c1)NC(=O)CC2. The summed E-state index contributed by atoms with van der Waals surface area (Å²) in [5.74, 6) is 0.819. The quantitative estimate of drug-likeness (QED) is 0.772. The summed E-state index contributed by atoms with van der Waals surface area (Å²) in [6.45, 7) is 0.982. The normalized spacial score (nSPS) is 14.3. The van der Waals surface area contributed by atoms with Gasteiger partial charge in [0.1, 0.15) is 12.4 Å². The first-order chi connectivity index (χ1) is 7.29. The van der Waals surface area contributed by atoms with Gasteiger partial charge < -0.3 is 15.8 Å². The molecule has 1 aromatic carbocycles. The number of hydrogen-bond acceptors (Lipinski definition) is 3. The summed E-state index contributed by atoms with van der Waals surface area (Å²) < 4.78 is 5.38. The lowest BCUT2D eigenvalue weighted by Crippen LogP contribution is -2.19. The van der Waals surface area contributed by atoms with E-state index in [0.29, 0.717) is 19.6 Å². The lowest BCUT2D eigenvalue weighted by Gasteiger charge is -2.17. The number of nitrogens with one attached hydrogen (secondary N) is 1. The Labute approximate surface area is 88.4 Å². The van der Waals surface area contributed by atoms with Crippen LogP contribution >= 0.6 is 0 Å². The molecular formula is C11H14N2O2. The zero-order valence-electron chi connectivity index (χ0n) is 8.45. The highest BCUT2D eigenvalue weighted by Gasteiger charge is 2.14. The predicted octanol–water partition coefficient (Wildman–Crippen LogP) is 0.909. The molecule has 1 amide bonds. The van der Waals surface area contributed by atoms with Gasteiger partial charge in [-0.2, -0.15) is 0 Å². The van der Waals surface area contributed by atoms with Gasteiger partial charge >= 0.3 is 0 Å². The molecule has 0 atom stereocenters. The van der Waals surface area contributed by atoms with E-state index in [2.05, 4.69) is 5.32 Å². The van der Waals surface area contributed by atoms with Crippen LogP contribution in [0.3, 0.4) is 0 Å². The smallest absolute Gasteiger partial charge is 0.224 e. The van der Waals surface area contributed by atoms with E-state index < -0.39 is 0 Å². The van der Waals surface area contributed by atoms with Crippen molar-refractivity contribution in [3.63, 3.8) is 0 Å². The van der Waals surface area contributed by atoms with Gasteiger partial charge in [-0.3, -0.25) is 4.79 Å². The first-order valence-corrected chi connectivity index (χ1v) is 5.05. The molecule has 80 valence electrons. The van der Waals surface area contributed by atoms with E-state index in [1.807, 2.05) is 18.2 Å². The topological polar surface area (TPSA) is 64.3 Å². The maximum Gasteiger partial charge on any atom is 0.224 e. The Bertz CT molecular complexity index is 377. The van der Waals surface area contributed by atoms with E-state index in [4.69, 9.17) is 10.5 Å². The molecule has 0 saturated carbocycles. The van der Waals surface area contributed by atoms with Crippen molar-refractivity contribution < 1.29 is 9.53 Å². The van der Waals surface area contributed by atoms with E-state index in [1.54, 1.807) is 0 Å². The van der Waals surface area contributed by atoms with Crippen LogP contribution in [0.1, 0.15) is 12.0 Å². The third kappa shape index (κ3) is 2.27. The monoisotopic (exact) mass is 206 g/mol. The highest BCUT2D eigenvalue weighted by Crippen LogP contribution is 2.26. The largest absolute Gasteiger partial charge is 0.492 e. The van der Waals surface area contributed by atoms with E-state index >= 15 is 0 Å². The van der Waals surface area contributed by atoms with Crippen molar-refractivity contribution in [2.24, 2.45) is 5.73 Å². The number of nitrogens with two attached hydrogens (primary N) is 1. The average molecular weight is 206 g/mol. The van der Waals surface area contributed by atoms with Gasteiger partial charge in [-0.15, -0.1) is 0 Å². The van der Waals surface area contributed by atoms with Gasteiger partial charge in [0.15, 0.2) is 0 Å². The number of anilines is 1. The molecule has 0 fully saturated rings. The fraction of sp³-hybridized carbons (Fsp3) is 0.364. The maximum atomic E-state index is 11.2. The second kappa shape index (κ2) is 4.31. The number of aryl methyl sites for hydroxylation is 1. The van der Waals surface area contributed by atoms with Crippen LogP contribution in [-0.2, 0) is 11.2 Å². The highest BCUT2D eigenvalue weighted by molar-refractivity contribution is 5.94. The molecule has 4 heteroatoms. The molecule has 0 aliphatic carbocycles. The molecular weight excluding hydrogens is 192 g/mol. The zero-order valence-corrected chi connectivity index (χ0v) is 8.45. The molecule has 1 heterocycles. The minimum atomic E-state index is 0.0680. The number of ether oxygens (including phenoxy) is 1. The molecule has 0 radical (unpaired) electrons. The summed E-state index contributed by atoms with van der Waals surface area (Å²) in [5.41, 5.74) is 7.37. The lowest BCUT2D eigenvalue weighted by atomic mass is 10.0. The van der Waals surface area contributed by atoms with E-state index in [9.17, 15) is 4.79 Å². The van der Waals surface area contributed by atoms with Crippen molar-refractivity contribution in [3.8, 4) is 5.75 Å². The van der Waals surface area contributed by atoms with Crippen molar-refractivity contribution in [2.75, 3.05) is 18.5 Å². The van der Waals surface area contributed by atoms with Gasteiger partial charge in [0.25, 0.3) is 0 Å². The molecule has 1 aromatic rings. The molecule has 0 bridgehead atoms. The minimum absolute atomic E-state index is 0.0680. The van der Waals surface area contributed by atoms with Crippen LogP contribution in [-0.4, -0.2) is 19.1 Å². The summed E-state index contributed by atoms with van der Waals surface area (Å²) in [6, 6.07) is 5.74. The molecule has 1 aliphatic rings. The Balaban J connectivity index is 2.17. The number of fused-ring (bicyclic) bond motifs is 1. The van der Waals surface area contributed by atoms with Crippen LogP contribution in [0.25, 0.3) is 0 Å². The van der Waals surface area contributed by atoms with Gasteiger partial charge in [0, 0.05) is 24.7 Å². The molecule has 15 heavy (non-hydrogen) atoms. The Morgan fingerprint density at radius 3 is 3.07 bits per heavy atom. The minimum Gasteiger partial charge on any atom is -0.492 e. The Morgan fingerprint density at radius 1 is 1.40 bits per heavy atom. The highest BCUT2D eigenvalue weighted by atomic mass is 16.5. The summed E-state index contributed by atoms with van der Waals surface area (Å²) in [7, 11) is 0. The molecule has 0 aromatic heterocycles. The van der Waals surface area contributed by atoms with Crippen LogP contribution in [0, 0.1) is 0 Å². The molecule has 4 nitrogen and oxygen atoms in total. The summed E-state index contributed by atoms with van der Waals surface area (Å²) in [5, 5.41) is 2.83. The second-order valence-corrected chi connectivity index (χ2v) is 3.50. The van der Waals surface area contributed by atoms with Crippen LogP contribution in [0.4, 0.5) is 5.69 Å². The van der Waals surface area contributed by atoms with E-state index in [-0.39, 0.29) is 5.91 Å². The Morgan fingerprint density at radius 2 is 2.27 bits per heavy atom. The van der Waals surface area contributed by atoms with Gasteiger partial charge in [-0.05, 0) is 18.1 Å². The molecule has 0 unspecified atom stereocenters.